The molecule has 1 heterocycles. The number of ether oxygens (including phenoxy) is 1. The molecule has 0 aliphatic rings. The molecule has 0 aliphatic carbocycles. The molecule has 0 fully saturated rings. The summed E-state index contributed by atoms with van der Waals surface area (Å²) in [5.74, 6) is 0.347. The summed E-state index contributed by atoms with van der Waals surface area (Å²) in [6.07, 6.45) is 0. The third kappa shape index (κ3) is 5.01. The zero-order valence-electron chi connectivity index (χ0n) is 17.1. The minimum absolute atomic E-state index is 0.0250. The second-order valence-electron chi connectivity index (χ2n) is 6.79. The number of hydrogen-bond acceptors (Lipinski definition) is 5. The third-order valence-electron chi connectivity index (χ3n) is 4.44. The minimum atomic E-state index is -3.89. The van der Waals surface area contributed by atoms with Crippen LogP contribution in [-0.2, 0) is 16.6 Å². The van der Waals surface area contributed by atoms with Gasteiger partial charge in [0.1, 0.15) is 15.5 Å². The zero-order valence-corrected chi connectivity index (χ0v) is 18.7. The lowest BCUT2D eigenvalue weighted by Crippen LogP contribution is -2.27. The van der Waals surface area contributed by atoms with E-state index >= 15 is 0 Å². The molecule has 1 amide bonds. The van der Waals surface area contributed by atoms with E-state index in [1.54, 1.807) is 24.6 Å². The van der Waals surface area contributed by atoms with Crippen LogP contribution in [0.5, 0.6) is 5.75 Å². The highest BCUT2D eigenvalue weighted by atomic mass is 32.2. The van der Waals surface area contributed by atoms with Crippen molar-refractivity contribution in [2.75, 3.05) is 18.4 Å². The van der Waals surface area contributed by atoms with Crippen LogP contribution in [0.1, 0.15) is 27.7 Å². The number of nitrogens with zero attached hydrogens (tertiary/aromatic N) is 1. The fraction of sp³-hybridized carbons (Fsp3) is 0.227. The molecule has 2 aromatic carbocycles. The smallest absolute Gasteiger partial charge is 0.265 e. The normalized spacial score (nSPS) is 11.2. The van der Waals surface area contributed by atoms with Crippen LogP contribution in [0.3, 0.4) is 0 Å². The standard InChI is InChI=1S/C22H24N2O4S2/c1-4-28-19-8-6-5-7-17(19)15-24(3)22(25)21-20(13-14-29-21)30(26,27)23-18-11-9-16(2)10-12-18/h5-14,23H,4,15H2,1-3H3. The molecule has 8 heteroatoms. The van der Waals surface area contributed by atoms with Crippen LogP contribution in [-0.4, -0.2) is 32.9 Å². The van der Waals surface area contributed by atoms with E-state index in [1.165, 1.54) is 11.0 Å². The Morgan fingerprint density at radius 3 is 2.50 bits per heavy atom. The number of para-hydroxylation sites is 1. The van der Waals surface area contributed by atoms with Crippen molar-refractivity contribution in [1.82, 2.24) is 4.90 Å². The molecule has 3 aromatic rings. The molecule has 158 valence electrons. The Morgan fingerprint density at radius 2 is 1.80 bits per heavy atom. The van der Waals surface area contributed by atoms with Gasteiger partial charge in [-0.15, -0.1) is 11.3 Å². The molecule has 0 spiro atoms. The number of nitrogens with one attached hydrogen (secondary N) is 1. The van der Waals surface area contributed by atoms with Crippen LogP contribution in [0, 0.1) is 6.92 Å². The van der Waals surface area contributed by atoms with Crippen LogP contribution in [0.4, 0.5) is 5.69 Å². The van der Waals surface area contributed by atoms with Crippen molar-refractivity contribution in [3.8, 4) is 5.75 Å². The molecule has 0 aliphatic heterocycles. The minimum Gasteiger partial charge on any atom is -0.494 e. The number of anilines is 1. The van der Waals surface area contributed by atoms with E-state index in [1.807, 2.05) is 50.2 Å². The lowest BCUT2D eigenvalue weighted by molar-refractivity contribution is 0.0785. The van der Waals surface area contributed by atoms with E-state index in [9.17, 15) is 13.2 Å². The quantitative estimate of drug-likeness (QED) is 0.554. The van der Waals surface area contributed by atoms with E-state index in [-0.39, 0.29) is 15.7 Å². The molecule has 0 unspecified atom stereocenters. The number of amides is 1. The van der Waals surface area contributed by atoms with E-state index in [0.29, 0.717) is 24.6 Å². The highest BCUT2D eigenvalue weighted by Crippen LogP contribution is 2.27. The Balaban J connectivity index is 1.81. The Labute approximate surface area is 181 Å². The second-order valence-corrected chi connectivity index (χ2v) is 9.35. The number of rotatable bonds is 8. The molecule has 3 rings (SSSR count). The number of hydrogen-bond donors (Lipinski definition) is 1. The number of carbonyl (C=O) groups is 1. The monoisotopic (exact) mass is 444 g/mol. The van der Waals surface area contributed by atoms with E-state index in [4.69, 9.17) is 4.74 Å². The van der Waals surface area contributed by atoms with Crippen LogP contribution in [0.15, 0.2) is 64.9 Å². The van der Waals surface area contributed by atoms with Crippen LogP contribution in [0.2, 0.25) is 0 Å². The fourth-order valence-electron chi connectivity index (χ4n) is 2.93. The summed E-state index contributed by atoms with van der Waals surface area (Å²) in [7, 11) is -2.25. The summed E-state index contributed by atoms with van der Waals surface area (Å²) in [5.41, 5.74) is 2.33. The van der Waals surface area contributed by atoms with Crippen molar-refractivity contribution in [3.05, 3.63) is 76.0 Å². The highest BCUT2D eigenvalue weighted by Gasteiger charge is 2.26. The fourth-order valence-corrected chi connectivity index (χ4v) is 5.40. The Kier molecular flexibility index (Phi) is 6.79. The van der Waals surface area contributed by atoms with E-state index in [0.717, 1.165) is 22.5 Å². The van der Waals surface area contributed by atoms with Crippen molar-refractivity contribution < 1.29 is 17.9 Å². The number of benzene rings is 2. The number of thiophene rings is 1. The third-order valence-corrected chi connectivity index (χ3v) is 6.90. The van der Waals surface area contributed by atoms with Crippen LogP contribution >= 0.6 is 11.3 Å². The summed E-state index contributed by atoms with van der Waals surface area (Å²) in [5, 5.41) is 1.61. The summed E-state index contributed by atoms with van der Waals surface area (Å²) in [4.78, 5) is 14.7. The number of sulfonamides is 1. The van der Waals surface area contributed by atoms with E-state index in [2.05, 4.69) is 4.72 Å². The lowest BCUT2D eigenvalue weighted by atomic mass is 10.2. The molecule has 0 bridgehead atoms. The molecular weight excluding hydrogens is 420 g/mol. The molecule has 30 heavy (non-hydrogen) atoms. The van der Waals surface area contributed by atoms with Crippen molar-refractivity contribution in [2.45, 2.75) is 25.3 Å². The van der Waals surface area contributed by atoms with Crippen LogP contribution in [0.25, 0.3) is 0 Å². The van der Waals surface area contributed by atoms with Gasteiger partial charge >= 0.3 is 0 Å². The summed E-state index contributed by atoms with van der Waals surface area (Å²) in [6, 6.07) is 16.0. The first-order valence-electron chi connectivity index (χ1n) is 9.45. The predicted molar refractivity (Wildman–Crippen MR) is 120 cm³/mol. The topological polar surface area (TPSA) is 75.7 Å². The average Bonchev–Trinajstić information content (AvgIpc) is 3.21. The van der Waals surface area contributed by atoms with Gasteiger partial charge in [0.2, 0.25) is 0 Å². The lowest BCUT2D eigenvalue weighted by Gasteiger charge is -2.19. The average molecular weight is 445 g/mol. The van der Waals surface area contributed by atoms with Gasteiger partial charge in [0.05, 0.1) is 6.61 Å². The largest absolute Gasteiger partial charge is 0.494 e. The van der Waals surface area contributed by atoms with Crippen molar-refractivity contribution in [1.29, 1.82) is 0 Å². The maximum atomic E-state index is 13.0. The van der Waals surface area contributed by atoms with Gasteiger partial charge in [-0.05, 0) is 43.5 Å². The summed E-state index contributed by atoms with van der Waals surface area (Å²) in [6.45, 7) is 4.65. The van der Waals surface area contributed by atoms with Gasteiger partial charge in [-0.3, -0.25) is 9.52 Å². The number of aryl methyl sites for hydroxylation is 1. The van der Waals surface area contributed by atoms with Crippen molar-refractivity contribution >= 4 is 33.0 Å². The van der Waals surface area contributed by atoms with Gasteiger partial charge in [-0.1, -0.05) is 35.9 Å². The van der Waals surface area contributed by atoms with Crippen molar-refractivity contribution in [2.24, 2.45) is 0 Å². The van der Waals surface area contributed by atoms with E-state index < -0.39 is 10.0 Å². The van der Waals surface area contributed by atoms with Gasteiger partial charge < -0.3 is 9.64 Å². The highest BCUT2D eigenvalue weighted by molar-refractivity contribution is 7.93. The first-order valence-corrected chi connectivity index (χ1v) is 11.8. The molecule has 0 radical (unpaired) electrons. The van der Waals surface area contributed by atoms with Gasteiger partial charge in [-0.2, -0.15) is 0 Å². The molecule has 0 saturated carbocycles. The van der Waals surface area contributed by atoms with Crippen LogP contribution < -0.4 is 9.46 Å². The summed E-state index contributed by atoms with van der Waals surface area (Å²) >= 11 is 1.11. The van der Waals surface area contributed by atoms with Gasteiger partial charge in [0.25, 0.3) is 15.9 Å². The van der Waals surface area contributed by atoms with Crippen molar-refractivity contribution in [3.63, 3.8) is 0 Å². The summed E-state index contributed by atoms with van der Waals surface area (Å²) < 4.78 is 34.0. The first-order chi connectivity index (χ1) is 14.3. The molecule has 0 saturated heterocycles. The predicted octanol–water partition coefficient (Wildman–Crippen LogP) is 4.53. The molecule has 1 N–H and O–H groups in total. The number of carbonyl (C=O) groups excluding carboxylic acids is 1. The van der Waals surface area contributed by atoms with Gasteiger partial charge in [0.15, 0.2) is 0 Å². The SMILES string of the molecule is CCOc1ccccc1CN(C)C(=O)c1sccc1S(=O)(=O)Nc1ccc(C)cc1. The molecule has 0 atom stereocenters. The Bertz CT molecular complexity index is 1120. The second kappa shape index (κ2) is 9.32. The zero-order chi connectivity index (χ0) is 21.7. The molecular formula is C22H24N2O4S2. The Morgan fingerprint density at radius 1 is 1.10 bits per heavy atom. The van der Waals surface area contributed by atoms with Gasteiger partial charge in [0, 0.05) is 24.8 Å². The Hall–Kier alpha value is -2.84. The maximum absolute atomic E-state index is 13.0. The van der Waals surface area contributed by atoms with Gasteiger partial charge in [-0.25, -0.2) is 8.42 Å². The first kappa shape index (κ1) is 21.9. The maximum Gasteiger partial charge on any atom is 0.265 e. The molecule has 6 nitrogen and oxygen atoms in total. The molecule has 1 aromatic heterocycles.